The molecule has 0 radical (unpaired) electrons. The number of amides is 4. The summed E-state index contributed by atoms with van der Waals surface area (Å²) >= 11 is 1.49. The van der Waals surface area contributed by atoms with Gasteiger partial charge in [-0.25, -0.2) is 4.79 Å². The van der Waals surface area contributed by atoms with Gasteiger partial charge in [0.25, 0.3) is 5.91 Å². The summed E-state index contributed by atoms with van der Waals surface area (Å²) in [7, 11) is 3.90. The minimum Gasteiger partial charge on any atom is -0.457 e. The van der Waals surface area contributed by atoms with Crippen LogP contribution < -0.4 is 25.6 Å². The number of anilines is 1. The van der Waals surface area contributed by atoms with E-state index >= 15 is 0 Å². The molecule has 4 atom stereocenters. The number of likely N-dealkylation sites (N-methyl/N-ethyl adjacent to an activating group) is 1. The van der Waals surface area contributed by atoms with Crippen LogP contribution in [-0.4, -0.2) is 85.4 Å². The molecule has 3 fully saturated rings. The average molecular weight is 589 g/mol. The Morgan fingerprint density at radius 3 is 2.62 bits per heavy atom. The molecule has 6 rings (SSSR count). The number of urea groups is 1. The lowest BCUT2D eigenvalue weighted by Gasteiger charge is -2.45. The van der Waals surface area contributed by atoms with E-state index in [0.717, 1.165) is 24.4 Å². The van der Waals surface area contributed by atoms with E-state index in [2.05, 4.69) is 16.0 Å². The highest BCUT2D eigenvalue weighted by molar-refractivity contribution is 8.04. The lowest BCUT2D eigenvalue weighted by atomic mass is 9.86. The predicted molar refractivity (Wildman–Crippen MR) is 163 cm³/mol. The number of rotatable bonds is 8. The van der Waals surface area contributed by atoms with E-state index < -0.39 is 0 Å². The fourth-order valence-electron chi connectivity index (χ4n) is 6.02. The summed E-state index contributed by atoms with van der Waals surface area (Å²) in [6, 6.07) is 16.7. The molecular formula is C31H36N6O4S. The van der Waals surface area contributed by atoms with Crippen molar-refractivity contribution in [2.45, 2.75) is 30.3 Å². The van der Waals surface area contributed by atoms with E-state index in [9.17, 15) is 14.4 Å². The molecule has 2 aromatic carbocycles. The lowest BCUT2D eigenvalue weighted by Crippen LogP contribution is -2.62. The Balaban J connectivity index is 1.13. The normalized spacial score (nSPS) is 25.2. The van der Waals surface area contributed by atoms with Gasteiger partial charge in [-0.05, 0) is 69.9 Å². The molecule has 11 heteroatoms. The first-order valence-electron chi connectivity index (χ1n) is 14.4. The molecule has 0 bridgehead atoms. The maximum absolute atomic E-state index is 13.5. The number of likely N-dealkylation sites (tertiary alicyclic amines) is 1. The highest BCUT2D eigenvalue weighted by atomic mass is 32.2. The minimum absolute atomic E-state index is 0.00762. The molecule has 4 aliphatic rings. The van der Waals surface area contributed by atoms with Crippen LogP contribution in [0.5, 0.6) is 11.5 Å². The summed E-state index contributed by atoms with van der Waals surface area (Å²) < 4.78 is 5.93. The second-order valence-electron chi connectivity index (χ2n) is 11.2. The summed E-state index contributed by atoms with van der Waals surface area (Å²) in [6.45, 7) is 2.52. The van der Waals surface area contributed by atoms with Crippen LogP contribution in [0.3, 0.4) is 0 Å². The number of thioether (sulfide) groups is 1. The van der Waals surface area contributed by atoms with Gasteiger partial charge < -0.3 is 30.5 Å². The Bertz CT molecular complexity index is 1400. The smallest absolute Gasteiger partial charge is 0.326 e. The van der Waals surface area contributed by atoms with Crippen molar-refractivity contribution in [2.75, 3.05) is 45.2 Å². The number of nitrogens with one attached hydrogen (secondary N) is 3. The fourth-order valence-corrected chi connectivity index (χ4v) is 7.42. The molecule has 4 heterocycles. The zero-order valence-electron chi connectivity index (χ0n) is 23.8. The van der Waals surface area contributed by atoms with Crippen molar-refractivity contribution in [3.8, 4) is 11.5 Å². The first-order valence-corrected chi connectivity index (χ1v) is 15.2. The zero-order chi connectivity index (χ0) is 29.2. The third-order valence-electron chi connectivity index (χ3n) is 8.01. The van der Waals surface area contributed by atoms with Crippen molar-refractivity contribution in [3.63, 3.8) is 0 Å². The number of carbonyl (C=O) groups is 3. The highest BCUT2D eigenvalue weighted by Gasteiger charge is 2.51. The monoisotopic (exact) mass is 588 g/mol. The van der Waals surface area contributed by atoms with Gasteiger partial charge in [-0.3, -0.25) is 14.5 Å². The van der Waals surface area contributed by atoms with Crippen molar-refractivity contribution in [2.24, 2.45) is 5.92 Å². The van der Waals surface area contributed by atoms with Crippen molar-refractivity contribution in [3.05, 3.63) is 77.4 Å². The van der Waals surface area contributed by atoms with E-state index in [0.29, 0.717) is 42.4 Å². The van der Waals surface area contributed by atoms with E-state index in [1.54, 1.807) is 11.0 Å². The number of benzene rings is 2. The predicted octanol–water partition coefficient (Wildman–Crippen LogP) is 3.11. The first kappa shape index (κ1) is 28.3. The lowest BCUT2D eigenvalue weighted by molar-refractivity contribution is -0.125. The van der Waals surface area contributed by atoms with Crippen LogP contribution in [0, 0.1) is 5.92 Å². The van der Waals surface area contributed by atoms with E-state index in [-0.39, 0.29) is 41.2 Å². The third-order valence-corrected chi connectivity index (χ3v) is 9.36. The van der Waals surface area contributed by atoms with Gasteiger partial charge in [0.05, 0.1) is 16.3 Å². The van der Waals surface area contributed by atoms with Gasteiger partial charge in [-0.2, -0.15) is 0 Å². The molecule has 0 spiro atoms. The number of hydrogen-bond acceptors (Lipinski definition) is 7. The summed E-state index contributed by atoms with van der Waals surface area (Å²) in [6.07, 6.45) is 4.93. The summed E-state index contributed by atoms with van der Waals surface area (Å²) in [5.74, 6) is 1.18. The molecule has 0 saturated carbocycles. The molecule has 3 N–H and O–H groups in total. The third kappa shape index (κ3) is 5.90. The van der Waals surface area contributed by atoms with Crippen LogP contribution in [0.15, 0.2) is 77.4 Å². The summed E-state index contributed by atoms with van der Waals surface area (Å²) in [4.78, 5) is 45.7. The van der Waals surface area contributed by atoms with Gasteiger partial charge in [0, 0.05) is 49.1 Å². The molecule has 0 aromatic heterocycles. The number of para-hydroxylation sites is 1. The first-order chi connectivity index (χ1) is 20.4. The fraction of sp³-hybridized carbons (Fsp3) is 0.387. The Kier molecular flexibility index (Phi) is 8.23. The van der Waals surface area contributed by atoms with Crippen LogP contribution in [0.1, 0.15) is 12.8 Å². The second kappa shape index (κ2) is 12.2. The van der Waals surface area contributed by atoms with Crippen LogP contribution >= 0.6 is 11.8 Å². The molecule has 10 nitrogen and oxygen atoms in total. The maximum atomic E-state index is 13.5. The molecular weight excluding hydrogens is 552 g/mol. The van der Waals surface area contributed by atoms with Crippen molar-refractivity contribution >= 4 is 35.3 Å². The van der Waals surface area contributed by atoms with Gasteiger partial charge in [-0.1, -0.05) is 36.0 Å². The Labute approximate surface area is 250 Å². The van der Waals surface area contributed by atoms with Crippen LogP contribution in [0.25, 0.3) is 0 Å². The Hall–Kier alpha value is -3.80. The topological polar surface area (TPSA) is 106 Å². The quantitative estimate of drug-likeness (QED) is 0.407. The average Bonchev–Trinajstić information content (AvgIpc) is 3.60. The molecule has 0 aliphatic carbocycles. The van der Waals surface area contributed by atoms with Crippen LogP contribution in [0.4, 0.5) is 10.5 Å². The van der Waals surface area contributed by atoms with E-state index in [1.165, 1.54) is 11.8 Å². The maximum Gasteiger partial charge on any atom is 0.326 e. The Morgan fingerprint density at radius 2 is 1.86 bits per heavy atom. The van der Waals surface area contributed by atoms with Crippen LogP contribution in [0.2, 0.25) is 0 Å². The summed E-state index contributed by atoms with van der Waals surface area (Å²) in [5.41, 5.74) is 1.48. The second-order valence-corrected chi connectivity index (χ2v) is 12.4. The molecule has 2 aromatic rings. The van der Waals surface area contributed by atoms with Gasteiger partial charge in [0.2, 0.25) is 5.91 Å². The number of carbonyl (C=O) groups excluding carboxylic acids is 3. The number of nitrogens with zero attached hydrogens (tertiary/aromatic N) is 3. The van der Waals surface area contributed by atoms with Crippen LogP contribution in [-0.2, 0) is 9.59 Å². The highest BCUT2D eigenvalue weighted by Crippen LogP contribution is 2.48. The van der Waals surface area contributed by atoms with Crippen molar-refractivity contribution in [1.29, 1.82) is 0 Å². The van der Waals surface area contributed by atoms with E-state index in [1.807, 2.05) is 84.6 Å². The molecule has 42 heavy (non-hydrogen) atoms. The summed E-state index contributed by atoms with van der Waals surface area (Å²) in [5, 5.41) is 9.72. The Morgan fingerprint density at radius 1 is 1.10 bits per heavy atom. The van der Waals surface area contributed by atoms with Gasteiger partial charge in [-0.15, -0.1) is 0 Å². The van der Waals surface area contributed by atoms with Crippen molar-refractivity contribution < 1.29 is 19.1 Å². The molecule has 3 unspecified atom stereocenters. The largest absolute Gasteiger partial charge is 0.457 e. The van der Waals surface area contributed by atoms with Gasteiger partial charge >= 0.3 is 6.03 Å². The van der Waals surface area contributed by atoms with E-state index in [4.69, 9.17) is 4.74 Å². The SMILES string of the molecule is CN(C)C/C=C/C(=O)N1CC[C@@H](NC(=O)C2=C3NC(=O)N(c4ccc(Oc5ccccc5)cc4)C4CCNC(S2)C34)C1. The number of ether oxygens (including phenoxy) is 1. The standard InChI is InChI=1S/C31H36N6O4S/c1-35(2)17-6-9-25(38)36-18-15-20(19-36)33-29(39)28-27-26-24(14-16-32-30(26)42-28)37(31(40)34-27)21-10-12-23(13-11-21)41-22-7-4-3-5-8-22/h3-13,20,24,26,30,32H,14-19H2,1-2H3,(H,33,39)(H,34,40)/b9-6+/t20-,24?,26?,30?/m1/s1. The molecule has 4 amide bonds. The number of piperidine rings is 1. The molecule has 4 aliphatic heterocycles. The van der Waals surface area contributed by atoms with Crippen molar-refractivity contribution in [1.82, 2.24) is 25.8 Å². The molecule has 220 valence electrons. The zero-order valence-corrected chi connectivity index (χ0v) is 24.6. The van der Waals surface area contributed by atoms with Gasteiger partial charge in [0.1, 0.15) is 11.5 Å². The number of hydrogen-bond donors (Lipinski definition) is 3. The minimum atomic E-state index is -0.237. The molecule has 3 saturated heterocycles. The van der Waals surface area contributed by atoms with Gasteiger partial charge in [0.15, 0.2) is 0 Å².